The lowest BCUT2D eigenvalue weighted by molar-refractivity contribution is 1.43. The van der Waals surface area contributed by atoms with E-state index in [4.69, 9.17) is 0 Å². The van der Waals surface area contributed by atoms with Gasteiger partial charge in [-0.05, 0) is 12.1 Å². The Kier molecular flexibility index (Phi) is 3.55. The highest BCUT2D eigenvalue weighted by Crippen LogP contribution is 2.10. The third-order valence-electron chi connectivity index (χ3n) is 1.19. The van der Waals surface area contributed by atoms with Crippen molar-refractivity contribution in [2.45, 2.75) is 4.90 Å². The van der Waals surface area contributed by atoms with Crippen molar-refractivity contribution in [2.24, 2.45) is 0 Å². The van der Waals surface area contributed by atoms with Crippen LogP contribution in [0, 0.1) is 11.8 Å². The van der Waals surface area contributed by atoms with Crippen molar-refractivity contribution in [2.75, 3.05) is 5.33 Å². The molecule has 1 aromatic carbocycles. The molecule has 0 saturated heterocycles. The van der Waals surface area contributed by atoms with Crippen LogP contribution >= 0.6 is 28.6 Å². The standard InChI is InChI=1S/C9H7BrS/c10-7-3-5-8-4-1-2-6-9(8)11/h1-2,4,6,11H,7H2. The Morgan fingerprint density at radius 2 is 2.09 bits per heavy atom. The minimum absolute atomic E-state index is 0.703. The Morgan fingerprint density at radius 3 is 2.73 bits per heavy atom. The maximum absolute atomic E-state index is 4.25. The van der Waals surface area contributed by atoms with E-state index in [1.807, 2.05) is 24.3 Å². The van der Waals surface area contributed by atoms with Gasteiger partial charge < -0.3 is 0 Å². The summed E-state index contributed by atoms with van der Waals surface area (Å²) in [5.41, 5.74) is 0.982. The van der Waals surface area contributed by atoms with Gasteiger partial charge in [-0.15, -0.1) is 12.6 Å². The molecule has 0 unspecified atom stereocenters. The first-order chi connectivity index (χ1) is 5.34. The molecule has 11 heavy (non-hydrogen) atoms. The summed E-state index contributed by atoms with van der Waals surface area (Å²) in [6.07, 6.45) is 0. The van der Waals surface area contributed by atoms with Crippen molar-refractivity contribution in [1.82, 2.24) is 0 Å². The van der Waals surface area contributed by atoms with Gasteiger partial charge in [0.1, 0.15) is 0 Å². The van der Waals surface area contributed by atoms with Gasteiger partial charge in [0.25, 0.3) is 0 Å². The lowest BCUT2D eigenvalue weighted by Crippen LogP contribution is -1.75. The van der Waals surface area contributed by atoms with Crippen molar-refractivity contribution in [3.8, 4) is 11.8 Å². The summed E-state index contributed by atoms with van der Waals surface area (Å²) in [6.45, 7) is 0. The lowest BCUT2D eigenvalue weighted by Gasteiger charge is -1.92. The largest absolute Gasteiger partial charge is 0.142 e. The molecule has 0 aromatic heterocycles. The van der Waals surface area contributed by atoms with Crippen molar-refractivity contribution < 1.29 is 0 Å². The van der Waals surface area contributed by atoms with E-state index in [0.29, 0.717) is 5.33 Å². The Balaban J connectivity index is 2.95. The highest BCUT2D eigenvalue weighted by atomic mass is 79.9. The van der Waals surface area contributed by atoms with Gasteiger partial charge in [0.05, 0.1) is 5.33 Å². The van der Waals surface area contributed by atoms with Crippen molar-refractivity contribution >= 4 is 28.6 Å². The summed E-state index contributed by atoms with van der Waals surface area (Å²) in [6, 6.07) is 7.79. The zero-order chi connectivity index (χ0) is 8.10. The Bertz CT molecular complexity index is 296. The minimum Gasteiger partial charge on any atom is -0.142 e. The molecule has 0 N–H and O–H groups in total. The second kappa shape index (κ2) is 4.48. The van der Waals surface area contributed by atoms with Crippen LogP contribution in [0.1, 0.15) is 5.56 Å². The molecule has 0 aliphatic heterocycles. The Labute approximate surface area is 80.5 Å². The van der Waals surface area contributed by atoms with Gasteiger partial charge in [0.2, 0.25) is 0 Å². The number of rotatable bonds is 0. The Morgan fingerprint density at radius 1 is 1.36 bits per heavy atom. The maximum Gasteiger partial charge on any atom is 0.0649 e. The molecule has 2 heteroatoms. The first-order valence-corrected chi connectivity index (χ1v) is 4.74. The van der Waals surface area contributed by atoms with Gasteiger partial charge in [-0.2, -0.15) is 0 Å². The van der Waals surface area contributed by atoms with Crippen LogP contribution in [-0.2, 0) is 0 Å². The average Bonchev–Trinajstić information content (AvgIpc) is 2.03. The van der Waals surface area contributed by atoms with E-state index in [2.05, 4.69) is 40.4 Å². The number of hydrogen-bond acceptors (Lipinski definition) is 1. The Hall–Kier alpha value is -0.390. The number of halogens is 1. The fourth-order valence-corrected chi connectivity index (χ4v) is 1.06. The molecule has 0 fully saturated rings. The normalized spacial score (nSPS) is 8.55. The molecule has 56 valence electrons. The summed E-state index contributed by atoms with van der Waals surface area (Å²) in [4.78, 5) is 0.931. The van der Waals surface area contributed by atoms with Gasteiger partial charge in [-0.1, -0.05) is 39.9 Å². The topological polar surface area (TPSA) is 0 Å². The molecule has 1 rings (SSSR count). The van der Waals surface area contributed by atoms with Crippen LogP contribution in [-0.4, -0.2) is 5.33 Å². The highest BCUT2D eigenvalue weighted by molar-refractivity contribution is 9.09. The average molecular weight is 227 g/mol. The van der Waals surface area contributed by atoms with Crippen LogP contribution in [0.25, 0.3) is 0 Å². The van der Waals surface area contributed by atoms with Gasteiger partial charge in [0, 0.05) is 10.5 Å². The molecular formula is C9H7BrS. The predicted molar refractivity (Wildman–Crippen MR) is 54.4 cm³/mol. The van der Waals surface area contributed by atoms with Crippen LogP contribution in [0.5, 0.6) is 0 Å². The molecule has 0 nitrogen and oxygen atoms in total. The maximum atomic E-state index is 4.25. The molecular weight excluding hydrogens is 220 g/mol. The third kappa shape index (κ3) is 2.61. The van der Waals surface area contributed by atoms with Gasteiger partial charge in [0.15, 0.2) is 0 Å². The van der Waals surface area contributed by atoms with Crippen LogP contribution < -0.4 is 0 Å². The van der Waals surface area contributed by atoms with Gasteiger partial charge in [-0.25, -0.2) is 0 Å². The molecule has 0 radical (unpaired) electrons. The molecule has 0 amide bonds. The summed E-state index contributed by atoms with van der Waals surface area (Å²) in [7, 11) is 0. The molecule has 0 heterocycles. The fourth-order valence-electron chi connectivity index (χ4n) is 0.708. The first-order valence-electron chi connectivity index (χ1n) is 3.17. The first kappa shape index (κ1) is 8.70. The quantitative estimate of drug-likeness (QED) is 0.393. The molecule has 1 aromatic rings. The molecule has 0 aliphatic rings. The van der Waals surface area contributed by atoms with E-state index in [1.54, 1.807) is 0 Å². The van der Waals surface area contributed by atoms with E-state index in [1.165, 1.54) is 0 Å². The smallest absolute Gasteiger partial charge is 0.0649 e. The molecule has 0 bridgehead atoms. The van der Waals surface area contributed by atoms with Gasteiger partial charge >= 0.3 is 0 Å². The van der Waals surface area contributed by atoms with Crippen LogP contribution in [0.4, 0.5) is 0 Å². The zero-order valence-electron chi connectivity index (χ0n) is 5.84. The second-order valence-corrected chi connectivity index (χ2v) is 3.00. The summed E-state index contributed by atoms with van der Waals surface area (Å²) in [5.74, 6) is 5.91. The summed E-state index contributed by atoms with van der Waals surface area (Å²) < 4.78 is 0. The second-order valence-electron chi connectivity index (χ2n) is 1.95. The molecule has 0 atom stereocenters. The van der Waals surface area contributed by atoms with E-state index < -0.39 is 0 Å². The minimum atomic E-state index is 0.703. The predicted octanol–water partition coefficient (Wildman–Crippen LogP) is 2.72. The van der Waals surface area contributed by atoms with E-state index in [-0.39, 0.29) is 0 Å². The molecule has 0 aliphatic carbocycles. The van der Waals surface area contributed by atoms with Crippen LogP contribution in [0.3, 0.4) is 0 Å². The van der Waals surface area contributed by atoms with Crippen LogP contribution in [0.15, 0.2) is 29.2 Å². The van der Waals surface area contributed by atoms with E-state index in [9.17, 15) is 0 Å². The monoisotopic (exact) mass is 226 g/mol. The number of thiol groups is 1. The van der Waals surface area contributed by atoms with E-state index >= 15 is 0 Å². The fraction of sp³-hybridized carbons (Fsp3) is 0.111. The number of hydrogen-bond donors (Lipinski definition) is 1. The lowest BCUT2D eigenvalue weighted by atomic mass is 10.2. The van der Waals surface area contributed by atoms with E-state index in [0.717, 1.165) is 10.5 Å². The number of alkyl halides is 1. The number of benzene rings is 1. The van der Waals surface area contributed by atoms with Crippen molar-refractivity contribution in [1.29, 1.82) is 0 Å². The summed E-state index contributed by atoms with van der Waals surface area (Å²) in [5, 5.41) is 0.703. The van der Waals surface area contributed by atoms with Gasteiger partial charge in [-0.3, -0.25) is 0 Å². The SMILES string of the molecule is Sc1ccccc1C#CCBr. The van der Waals surface area contributed by atoms with Crippen LogP contribution in [0.2, 0.25) is 0 Å². The summed E-state index contributed by atoms with van der Waals surface area (Å²) >= 11 is 7.49. The third-order valence-corrected chi connectivity index (χ3v) is 1.86. The van der Waals surface area contributed by atoms with Crippen molar-refractivity contribution in [3.05, 3.63) is 29.8 Å². The zero-order valence-corrected chi connectivity index (χ0v) is 8.32. The highest BCUT2D eigenvalue weighted by Gasteiger charge is 1.89. The van der Waals surface area contributed by atoms with Crippen molar-refractivity contribution in [3.63, 3.8) is 0 Å². The molecule has 0 saturated carbocycles. The molecule has 0 spiro atoms.